The third-order valence-corrected chi connectivity index (χ3v) is 5.89. The highest BCUT2D eigenvalue weighted by atomic mass is 35.5. The summed E-state index contributed by atoms with van der Waals surface area (Å²) in [5, 5.41) is 11.8. The van der Waals surface area contributed by atoms with Crippen molar-refractivity contribution in [3.05, 3.63) is 62.6 Å². The summed E-state index contributed by atoms with van der Waals surface area (Å²) in [5.41, 5.74) is 10.1. The smallest absolute Gasteiger partial charge is 0.254 e. The molecule has 1 aromatic carbocycles. The van der Waals surface area contributed by atoms with Crippen LogP contribution in [-0.4, -0.2) is 59.8 Å². The maximum absolute atomic E-state index is 13.0. The number of carbonyl (C=O) groups is 2. The van der Waals surface area contributed by atoms with Crippen LogP contribution in [0.5, 0.6) is 0 Å². The number of aliphatic imine (C=N–C) groups is 1. The van der Waals surface area contributed by atoms with Crippen molar-refractivity contribution >= 4 is 41.1 Å². The summed E-state index contributed by atoms with van der Waals surface area (Å²) < 4.78 is 5.12. The summed E-state index contributed by atoms with van der Waals surface area (Å²) in [4.78, 5) is 30.6. The Bertz CT molecular complexity index is 1050. The molecule has 8 nitrogen and oxygen atoms in total. The highest BCUT2D eigenvalue weighted by Gasteiger charge is 2.30. The van der Waals surface area contributed by atoms with E-state index in [1.54, 1.807) is 23.1 Å². The van der Waals surface area contributed by atoms with E-state index in [-0.39, 0.29) is 18.4 Å². The molecule has 1 amide bonds. The van der Waals surface area contributed by atoms with Gasteiger partial charge in [0.2, 0.25) is 0 Å². The van der Waals surface area contributed by atoms with Crippen molar-refractivity contribution in [2.45, 2.75) is 12.8 Å². The number of amides is 1. The fraction of sp³-hybridized carbons (Fsp3) is 0.333. The highest BCUT2D eigenvalue weighted by Crippen LogP contribution is 2.27. The minimum atomic E-state index is -0.245. The predicted octanol–water partition coefficient (Wildman–Crippen LogP) is 2.51. The van der Waals surface area contributed by atoms with Crippen LogP contribution in [0.3, 0.4) is 0 Å². The zero-order valence-corrected chi connectivity index (χ0v) is 18.4. The molecule has 0 bridgehead atoms. The van der Waals surface area contributed by atoms with E-state index < -0.39 is 0 Å². The van der Waals surface area contributed by atoms with Crippen molar-refractivity contribution in [2.75, 3.05) is 26.7 Å². The van der Waals surface area contributed by atoms with E-state index in [1.807, 2.05) is 0 Å². The van der Waals surface area contributed by atoms with Gasteiger partial charge in [-0.05, 0) is 24.6 Å². The van der Waals surface area contributed by atoms with Crippen LogP contribution in [0.4, 0.5) is 0 Å². The van der Waals surface area contributed by atoms with Crippen molar-refractivity contribution in [2.24, 2.45) is 16.6 Å². The minimum Gasteiger partial charge on any atom is -0.402 e. The van der Waals surface area contributed by atoms with Gasteiger partial charge in [-0.3, -0.25) is 9.79 Å². The number of halogens is 2. The molecular formula is C21H22Cl2N4O4. The van der Waals surface area contributed by atoms with Gasteiger partial charge in [-0.1, -0.05) is 28.4 Å². The zero-order valence-electron chi connectivity index (χ0n) is 16.8. The first-order valence-corrected chi connectivity index (χ1v) is 10.3. The number of fused-ring (bicyclic) bond motifs is 1. The standard InChI is InChI=1S/C20H18Cl2N4O3.CH4O/c21-15-2-1-12(6-16(15)22)20(28)26-4-3-17(23)14(8-26)19-18-13(10-29-25-18)5-11(9-27)7-24-19;1-2/h1-2,6,9-11H,3-5,7-8,23H2;2H,1H3. The van der Waals surface area contributed by atoms with Gasteiger partial charge in [0.05, 0.1) is 15.8 Å². The minimum absolute atomic E-state index is 0.172. The van der Waals surface area contributed by atoms with Crippen LogP contribution >= 0.6 is 23.2 Å². The average Bonchev–Trinajstić information content (AvgIpc) is 3.17. The van der Waals surface area contributed by atoms with Gasteiger partial charge < -0.3 is 25.1 Å². The molecule has 4 rings (SSSR count). The molecule has 0 saturated heterocycles. The van der Waals surface area contributed by atoms with E-state index in [9.17, 15) is 9.59 Å². The number of hydrogen-bond donors (Lipinski definition) is 2. The first kappa shape index (κ1) is 23.0. The number of aldehydes is 1. The topological polar surface area (TPSA) is 122 Å². The molecular weight excluding hydrogens is 443 g/mol. The Morgan fingerprint density at radius 2 is 2.10 bits per heavy atom. The van der Waals surface area contributed by atoms with Gasteiger partial charge in [-0.15, -0.1) is 0 Å². The summed E-state index contributed by atoms with van der Waals surface area (Å²) in [5.74, 6) is -0.418. The van der Waals surface area contributed by atoms with Gasteiger partial charge in [0.15, 0.2) is 0 Å². The Hall–Kier alpha value is -2.68. The molecule has 164 valence electrons. The molecule has 3 N–H and O–H groups in total. The molecule has 1 aromatic heterocycles. The van der Waals surface area contributed by atoms with Crippen molar-refractivity contribution in [1.82, 2.24) is 10.1 Å². The molecule has 0 aliphatic carbocycles. The van der Waals surface area contributed by atoms with Gasteiger partial charge in [-0.2, -0.15) is 0 Å². The number of aliphatic hydroxyl groups excluding tert-OH is 1. The number of aromatic nitrogens is 1. The molecule has 0 radical (unpaired) electrons. The molecule has 2 aliphatic rings. The lowest BCUT2D eigenvalue weighted by Gasteiger charge is -2.30. The van der Waals surface area contributed by atoms with E-state index in [2.05, 4.69) is 10.1 Å². The monoisotopic (exact) mass is 464 g/mol. The Morgan fingerprint density at radius 3 is 2.81 bits per heavy atom. The Balaban J connectivity index is 0.00000132. The molecule has 0 spiro atoms. The van der Waals surface area contributed by atoms with Crippen molar-refractivity contribution < 1.29 is 19.2 Å². The molecule has 31 heavy (non-hydrogen) atoms. The summed E-state index contributed by atoms with van der Waals surface area (Å²) >= 11 is 12.0. The fourth-order valence-corrected chi connectivity index (χ4v) is 3.85. The maximum Gasteiger partial charge on any atom is 0.254 e. The number of carbonyl (C=O) groups excluding carboxylic acids is 2. The number of rotatable bonds is 3. The quantitative estimate of drug-likeness (QED) is 0.672. The van der Waals surface area contributed by atoms with Gasteiger partial charge >= 0.3 is 0 Å². The van der Waals surface area contributed by atoms with Gasteiger partial charge in [-0.25, -0.2) is 0 Å². The second kappa shape index (κ2) is 10.1. The molecule has 10 heteroatoms. The lowest BCUT2D eigenvalue weighted by atomic mass is 9.96. The van der Waals surface area contributed by atoms with Crippen LogP contribution in [0.1, 0.15) is 28.0 Å². The lowest BCUT2D eigenvalue weighted by Crippen LogP contribution is -2.40. The molecule has 0 fully saturated rings. The van der Waals surface area contributed by atoms with Crippen molar-refractivity contribution in [1.29, 1.82) is 0 Å². The number of hydrogen-bond acceptors (Lipinski definition) is 7. The van der Waals surface area contributed by atoms with Crippen molar-refractivity contribution in [3.8, 4) is 0 Å². The van der Waals surface area contributed by atoms with Gasteiger partial charge in [0.25, 0.3) is 5.91 Å². The second-order valence-corrected chi connectivity index (χ2v) is 7.90. The van der Waals surface area contributed by atoms with Crippen LogP contribution in [0.15, 0.2) is 45.2 Å². The zero-order chi connectivity index (χ0) is 22.5. The maximum atomic E-state index is 13.0. The van der Waals surface area contributed by atoms with E-state index in [1.165, 1.54) is 6.26 Å². The van der Waals surface area contributed by atoms with Crippen molar-refractivity contribution in [3.63, 3.8) is 0 Å². The first-order chi connectivity index (χ1) is 15.0. The largest absolute Gasteiger partial charge is 0.402 e. The summed E-state index contributed by atoms with van der Waals surface area (Å²) in [7, 11) is 1.00. The third-order valence-electron chi connectivity index (χ3n) is 5.15. The van der Waals surface area contributed by atoms with Crippen LogP contribution < -0.4 is 5.73 Å². The Labute approximate surface area is 189 Å². The van der Waals surface area contributed by atoms with Crippen LogP contribution in [0, 0.1) is 5.92 Å². The first-order valence-electron chi connectivity index (χ1n) is 9.58. The number of nitrogens with two attached hydrogens (primary N) is 1. The average molecular weight is 465 g/mol. The Morgan fingerprint density at radius 1 is 1.32 bits per heavy atom. The molecule has 1 unspecified atom stereocenters. The summed E-state index contributed by atoms with van der Waals surface area (Å²) in [6, 6.07) is 4.80. The lowest BCUT2D eigenvalue weighted by molar-refractivity contribution is -0.110. The number of nitrogens with zero attached hydrogens (tertiary/aromatic N) is 3. The summed E-state index contributed by atoms with van der Waals surface area (Å²) in [6.45, 7) is 1.10. The molecule has 1 atom stereocenters. The van der Waals surface area contributed by atoms with E-state index in [0.717, 1.165) is 24.5 Å². The fourth-order valence-electron chi connectivity index (χ4n) is 3.55. The van der Waals surface area contributed by atoms with Crippen LogP contribution in [0.25, 0.3) is 0 Å². The summed E-state index contributed by atoms with van der Waals surface area (Å²) in [6.07, 6.45) is 3.44. The number of aliphatic hydroxyl groups is 1. The molecule has 2 aromatic rings. The van der Waals surface area contributed by atoms with E-state index >= 15 is 0 Å². The van der Waals surface area contributed by atoms with Crippen LogP contribution in [0.2, 0.25) is 10.0 Å². The highest BCUT2D eigenvalue weighted by molar-refractivity contribution is 6.42. The van der Waals surface area contributed by atoms with E-state index in [0.29, 0.717) is 58.6 Å². The normalized spacial score (nSPS) is 18.4. The molecule has 3 heterocycles. The Kier molecular flexibility index (Phi) is 7.48. The second-order valence-electron chi connectivity index (χ2n) is 7.09. The number of benzene rings is 1. The SMILES string of the molecule is CO.NC1=C(C2=NCC(C=O)Cc3conc32)CN(C(=O)c2ccc(Cl)c(Cl)c2)CC1. The predicted molar refractivity (Wildman–Crippen MR) is 118 cm³/mol. The third kappa shape index (κ3) is 4.81. The van der Waals surface area contributed by atoms with Gasteiger partial charge in [0.1, 0.15) is 18.2 Å². The van der Waals surface area contributed by atoms with Crippen LogP contribution in [-0.2, 0) is 11.2 Å². The molecule has 0 saturated carbocycles. The van der Waals surface area contributed by atoms with E-state index in [4.69, 9.17) is 38.6 Å². The molecule has 2 aliphatic heterocycles. The van der Waals surface area contributed by atoms with Gasteiger partial charge in [0, 0.05) is 61.5 Å².